The summed E-state index contributed by atoms with van der Waals surface area (Å²) in [6.07, 6.45) is 0.643. The maximum atomic E-state index is 13.3. The number of hydrogen-bond donors (Lipinski definition) is 0. The average molecular weight is 458 g/mol. The molecular formula is C28H27NO5. The molecule has 4 rings (SSSR count). The number of hydrogen-bond acceptors (Lipinski definition) is 5. The van der Waals surface area contributed by atoms with Crippen molar-refractivity contribution in [1.82, 2.24) is 4.90 Å². The standard InChI is InChI=1S/C28H27NO5/c1-20(16-23-10-6-7-11-25(23)32-2)29(18-21-8-4-3-5-9-21)27(30)19-33-24-14-12-22-13-15-28(31)34-26(22)17-24/h3-15,17,20H,16,18-19H2,1-2H3/t20-/m1/s1. The molecule has 4 aromatic rings. The molecule has 0 saturated heterocycles. The molecule has 0 aliphatic heterocycles. The van der Waals surface area contributed by atoms with Crippen molar-refractivity contribution in [2.75, 3.05) is 13.7 Å². The van der Waals surface area contributed by atoms with Crippen LogP contribution in [0.2, 0.25) is 0 Å². The van der Waals surface area contributed by atoms with E-state index in [1.165, 1.54) is 6.07 Å². The topological polar surface area (TPSA) is 69.0 Å². The van der Waals surface area contributed by atoms with Gasteiger partial charge < -0.3 is 18.8 Å². The van der Waals surface area contributed by atoms with Crippen molar-refractivity contribution in [1.29, 1.82) is 0 Å². The van der Waals surface area contributed by atoms with E-state index in [1.807, 2.05) is 66.4 Å². The fraction of sp³-hybridized carbons (Fsp3) is 0.214. The molecule has 34 heavy (non-hydrogen) atoms. The molecule has 3 aromatic carbocycles. The van der Waals surface area contributed by atoms with Gasteiger partial charge in [-0.3, -0.25) is 4.79 Å². The van der Waals surface area contributed by atoms with E-state index in [0.717, 1.165) is 22.3 Å². The number of amides is 1. The Morgan fingerprint density at radius 3 is 2.50 bits per heavy atom. The molecule has 0 radical (unpaired) electrons. The van der Waals surface area contributed by atoms with Crippen LogP contribution in [-0.4, -0.2) is 30.6 Å². The average Bonchev–Trinajstić information content (AvgIpc) is 2.86. The summed E-state index contributed by atoms with van der Waals surface area (Å²) in [6.45, 7) is 2.36. The van der Waals surface area contributed by atoms with Crippen LogP contribution in [0, 0.1) is 0 Å². The lowest BCUT2D eigenvalue weighted by Crippen LogP contribution is -2.42. The number of benzene rings is 3. The van der Waals surface area contributed by atoms with Crippen LogP contribution in [0.1, 0.15) is 18.1 Å². The van der Waals surface area contributed by atoms with Crippen molar-refractivity contribution >= 4 is 16.9 Å². The molecule has 0 bridgehead atoms. The summed E-state index contributed by atoms with van der Waals surface area (Å²) in [4.78, 5) is 26.7. The first kappa shape index (κ1) is 23.1. The second-order valence-corrected chi connectivity index (χ2v) is 8.11. The van der Waals surface area contributed by atoms with Gasteiger partial charge >= 0.3 is 5.63 Å². The van der Waals surface area contributed by atoms with E-state index in [1.54, 1.807) is 31.4 Å². The Bertz CT molecular complexity index is 1320. The first-order valence-electron chi connectivity index (χ1n) is 11.2. The van der Waals surface area contributed by atoms with Crippen molar-refractivity contribution in [2.24, 2.45) is 0 Å². The third kappa shape index (κ3) is 5.64. The number of carbonyl (C=O) groups excluding carboxylic acids is 1. The van der Waals surface area contributed by atoms with Gasteiger partial charge in [-0.15, -0.1) is 0 Å². The van der Waals surface area contributed by atoms with Gasteiger partial charge in [-0.25, -0.2) is 4.79 Å². The molecule has 0 N–H and O–H groups in total. The Kier molecular flexibility index (Phi) is 7.28. The van der Waals surface area contributed by atoms with Crippen LogP contribution in [0.4, 0.5) is 0 Å². The van der Waals surface area contributed by atoms with Crippen LogP contribution in [0.3, 0.4) is 0 Å². The molecule has 1 heterocycles. The molecule has 174 valence electrons. The van der Waals surface area contributed by atoms with Crippen LogP contribution in [-0.2, 0) is 17.8 Å². The molecule has 1 aromatic heterocycles. The molecular weight excluding hydrogens is 430 g/mol. The third-order valence-electron chi connectivity index (χ3n) is 5.71. The van der Waals surface area contributed by atoms with Gasteiger partial charge in [-0.1, -0.05) is 48.5 Å². The summed E-state index contributed by atoms with van der Waals surface area (Å²) < 4.78 is 16.5. The highest BCUT2D eigenvalue weighted by molar-refractivity contribution is 5.79. The minimum Gasteiger partial charge on any atom is -0.496 e. The van der Waals surface area contributed by atoms with E-state index in [-0.39, 0.29) is 18.6 Å². The Balaban J connectivity index is 1.51. The first-order chi connectivity index (χ1) is 16.5. The van der Waals surface area contributed by atoms with Crippen LogP contribution in [0.25, 0.3) is 11.0 Å². The van der Waals surface area contributed by atoms with E-state index < -0.39 is 5.63 Å². The first-order valence-corrected chi connectivity index (χ1v) is 11.2. The number of fused-ring (bicyclic) bond motifs is 1. The van der Waals surface area contributed by atoms with Crippen molar-refractivity contribution in [2.45, 2.75) is 25.9 Å². The van der Waals surface area contributed by atoms with Crippen molar-refractivity contribution < 1.29 is 18.7 Å². The summed E-state index contributed by atoms with van der Waals surface area (Å²) >= 11 is 0. The lowest BCUT2D eigenvalue weighted by atomic mass is 10.0. The summed E-state index contributed by atoms with van der Waals surface area (Å²) in [7, 11) is 1.65. The number of para-hydroxylation sites is 1. The van der Waals surface area contributed by atoms with Gasteiger partial charge in [-0.05, 0) is 48.7 Å². The quantitative estimate of drug-likeness (QED) is 0.337. The molecule has 0 fully saturated rings. The van der Waals surface area contributed by atoms with Crippen LogP contribution in [0.15, 0.2) is 94.1 Å². The number of carbonyl (C=O) groups is 1. The fourth-order valence-electron chi connectivity index (χ4n) is 3.93. The van der Waals surface area contributed by atoms with E-state index in [2.05, 4.69) is 0 Å². The fourth-order valence-corrected chi connectivity index (χ4v) is 3.93. The van der Waals surface area contributed by atoms with Crippen molar-refractivity contribution in [3.63, 3.8) is 0 Å². The number of rotatable bonds is 9. The molecule has 1 amide bonds. The Hall–Kier alpha value is -4.06. The van der Waals surface area contributed by atoms with Crippen LogP contribution < -0.4 is 15.1 Å². The monoisotopic (exact) mass is 457 g/mol. The highest BCUT2D eigenvalue weighted by Gasteiger charge is 2.22. The number of nitrogens with zero attached hydrogens (tertiary/aromatic N) is 1. The Morgan fingerprint density at radius 1 is 0.971 bits per heavy atom. The molecule has 0 saturated carbocycles. The zero-order valence-electron chi connectivity index (χ0n) is 19.3. The molecule has 0 unspecified atom stereocenters. The highest BCUT2D eigenvalue weighted by Crippen LogP contribution is 2.23. The number of ether oxygens (including phenoxy) is 2. The van der Waals surface area contributed by atoms with E-state index in [4.69, 9.17) is 13.9 Å². The van der Waals surface area contributed by atoms with Gasteiger partial charge in [0.2, 0.25) is 0 Å². The van der Waals surface area contributed by atoms with E-state index >= 15 is 0 Å². The lowest BCUT2D eigenvalue weighted by Gasteiger charge is -2.30. The van der Waals surface area contributed by atoms with Gasteiger partial charge in [0.05, 0.1) is 7.11 Å². The largest absolute Gasteiger partial charge is 0.496 e. The van der Waals surface area contributed by atoms with Gasteiger partial charge in [-0.2, -0.15) is 0 Å². The predicted octanol–water partition coefficient (Wildman–Crippen LogP) is 4.84. The second kappa shape index (κ2) is 10.7. The summed E-state index contributed by atoms with van der Waals surface area (Å²) in [5, 5.41) is 0.786. The molecule has 6 heteroatoms. The molecule has 6 nitrogen and oxygen atoms in total. The second-order valence-electron chi connectivity index (χ2n) is 8.11. The van der Waals surface area contributed by atoms with Gasteiger partial charge in [0, 0.05) is 30.1 Å². The SMILES string of the molecule is COc1ccccc1C[C@@H](C)N(Cc1ccccc1)C(=O)COc1ccc2ccc(=O)oc2c1. The zero-order chi connectivity index (χ0) is 23.9. The molecule has 1 atom stereocenters. The van der Waals surface area contributed by atoms with Crippen molar-refractivity contribution in [3.8, 4) is 11.5 Å². The van der Waals surface area contributed by atoms with Crippen molar-refractivity contribution in [3.05, 3.63) is 106 Å². The lowest BCUT2D eigenvalue weighted by molar-refractivity contribution is -0.136. The van der Waals surface area contributed by atoms with E-state index in [9.17, 15) is 9.59 Å². The zero-order valence-corrected chi connectivity index (χ0v) is 19.3. The number of methoxy groups -OCH3 is 1. The summed E-state index contributed by atoms with van der Waals surface area (Å²) in [5.41, 5.74) is 2.06. The summed E-state index contributed by atoms with van der Waals surface area (Å²) in [5.74, 6) is 1.13. The predicted molar refractivity (Wildman–Crippen MR) is 131 cm³/mol. The third-order valence-corrected chi connectivity index (χ3v) is 5.71. The smallest absolute Gasteiger partial charge is 0.336 e. The maximum absolute atomic E-state index is 13.3. The van der Waals surface area contributed by atoms with Gasteiger partial charge in [0.15, 0.2) is 6.61 Å². The molecule has 0 aliphatic carbocycles. The Morgan fingerprint density at radius 2 is 1.71 bits per heavy atom. The Labute approximate surface area is 198 Å². The minimum absolute atomic E-state index is 0.0952. The maximum Gasteiger partial charge on any atom is 0.336 e. The normalized spacial score (nSPS) is 11.7. The van der Waals surface area contributed by atoms with Crippen LogP contribution >= 0.6 is 0 Å². The van der Waals surface area contributed by atoms with E-state index in [0.29, 0.717) is 24.3 Å². The van der Waals surface area contributed by atoms with Crippen LogP contribution in [0.5, 0.6) is 11.5 Å². The van der Waals surface area contributed by atoms with Gasteiger partial charge in [0.1, 0.15) is 17.1 Å². The molecule has 0 spiro atoms. The highest BCUT2D eigenvalue weighted by atomic mass is 16.5. The summed E-state index contributed by atoms with van der Waals surface area (Å²) in [6, 6.07) is 25.9. The minimum atomic E-state index is -0.431. The molecule has 0 aliphatic rings. The van der Waals surface area contributed by atoms with Gasteiger partial charge in [0.25, 0.3) is 5.91 Å².